The molecule has 0 spiro atoms. The van der Waals surface area contributed by atoms with Crippen LogP contribution in [0.2, 0.25) is 0 Å². The van der Waals surface area contributed by atoms with E-state index in [1.807, 2.05) is 19.2 Å². The van der Waals surface area contributed by atoms with E-state index in [-0.39, 0.29) is 10.6 Å². The molecule has 0 aliphatic carbocycles. The van der Waals surface area contributed by atoms with Crippen LogP contribution in [-0.2, 0) is 6.42 Å². The van der Waals surface area contributed by atoms with Crippen molar-refractivity contribution in [3.8, 4) is 0 Å². The highest BCUT2D eigenvalue weighted by Gasteiger charge is 2.26. The first kappa shape index (κ1) is 21.6. The van der Waals surface area contributed by atoms with Crippen molar-refractivity contribution in [2.45, 2.75) is 44.9 Å². The van der Waals surface area contributed by atoms with E-state index >= 15 is 0 Å². The van der Waals surface area contributed by atoms with Gasteiger partial charge in [0.25, 0.3) is 5.69 Å². The fourth-order valence-electron chi connectivity index (χ4n) is 4.45. The number of nitrogens with zero attached hydrogens (tertiary/aromatic N) is 4. The number of aryl methyl sites for hydroxylation is 1. The summed E-state index contributed by atoms with van der Waals surface area (Å²) in [6.45, 7) is 6.91. The first-order valence-corrected chi connectivity index (χ1v) is 11.1. The van der Waals surface area contributed by atoms with Crippen LogP contribution in [0.4, 0.5) is 5.69 Å². The van der Waals surface area contributed by atoms with Crippen molar-refractivity contribution in [2.75, 3.05) is 46.3 Å². The first-order chi connectivity index (χ1) is 14.2. The van der Waals surface area contributed by atoms with Crippen LogP contribution in [0, 0.1) is 16.0 Å². The second kappa shape index (κ2) is 11.1. The topological polar surface area (TPSA) is 74.0 Å². The zero-order valence-corrected chi connectivity index (χ0v) is 17.7. The lowest BCUT2D eigenvalue weighted by molar-refractivity contribution is -0.384. The van der Waals surface area contributed by atoms with Gasteiger partial charge in [0.1, 0.15) is 0 Å². The Balaban J connectivity index is 1.32. The van der Waals surface area contributed by atoms with Gasteiger partial charge in [-0.05, 0) is 63.1 Å². The molecule has 1 aromatic carbocycles. The van der Waals surface area contributed by atoms with Crippen molar-refractivity contribution in [1.82, 2.24) is 15.1 Å². The monoisotopic (exact) mass is 401 g/mol. The van der Waals surface area contributed by atoms with Crippen molar-refractivity contribution in [3.05, 3.63) is 39.9 Å². The van der Waals surface area contributed by atoms with Gasteiger partial charge in [0.05, 0.1) is 4.92 Å². The van der Waals surface area contributed by atoms with Gasteiger partial charge < -0.3 is 15.1 Å². The number of piperidine rings is 1. The molecule has 7 nitrogen and oxygen atoms in total. The third-order valence-corrected chi connectivity index (χ3v) is 6.08. The van der Waals surface area contributed by atoms with E-state index in [1.165, 1.54) is 45.3 Å². The number of hydrogen-bond acceptors (Lipinski definition) is 4. The van der Waals surface area contributed by atoms with Crippen LogP contribution in [0.15, 0.2) is 29.3 Å². The summed E-state index contributed by atoms with van der Waals surface area (Å²) in [7, 11) is 1.87. The first-order valence-electron chi connectivity index (χ1n) is 11.1. The number of nitro benzene ring substituents is 1. The Kier molecular flexibility index (Phi) is 8.28. The maximum Gasteiger partial charge on any atom is 0.269 e. The van der Waals surface area contributed by atoms with Gasteiger partial charge in [-0.25, -0.2) is 0 Å². The Morgan fingerprint density at radius 3 is 2.62 bits per heavy atom. The van der Waals surface area contributed by atoms with Crippen LogP contribution in [0.25, 0.3) is 0 Å². The number of guanidine groups is 1. The Morgan fingerprint density at radius 2 is 1.93 bits per heavy atom. The number of benzene rings is 1. The molecule has 0 bridgehead atoms. The molecular weight excluding hydrogens is 366 g/mol. The van der Waals surface area contributed by atoms with Crippen LogP contribution < -0.4 is 5.32 Å². The predicted octanol–water partition coefficient (Wildman–Crippen LogP) is 3.30. The molecule has 29 heavy (non-hydrogen) atoms. The number of unbranched alkanes of at least 4 members (excludes halogenated alkanes) is 1. The van der Waals surface area contributed by atoms with Crippen LogP contribution in [0.3, 0.4) is 0 Å². The SMILES string of the molecule is CN=C(NCCCCc1ccc([N+](=O)[O-])cc1)N1CCC(CN2CCCCC2)C1. The van der Waals surface area contributed by atoms with E-state index < -0.39 is 0 Å². The zero-order chi connectivity index (χ0) is 20.5. The number of nitro groups is 1. The molecule has 0 amide bonds. The molecule has 3 rings (SSSR count). The van der Waals surface area contributed by atoms with Crippen LogP contribution in [0.5, 0.6) is 0 Å². The third-order valence-electron chi connectivity index (χ3n) is 6.08. The Bertz CT molecular complexity index is 670. The summed E-state index contributed by atoms with van der Waals surface area (Å²) in [5, 5.41) is 14.2. The number of nitrogens with one attached hydrogen (secondary N) is 1. The second-order valence-corrected chi connectivity index (χ2v) is 8.32. The van der Waals surface area contributed by atoms with E-state index in [4.69, 9.17) is 0 Å². The van der Waals surface area contributed by atoms with Gasteiger partial charge in [-0.3, -0.25) is 15.1 Å². The van der Waals surface area contributed by atoms with Gasteiger partial charge >= 0.3 is 0 Å². The molecule has 1 unspecified atom stereocenters. The van der Waals surface area contributed by atoms with Gasteiger partial charge in [-0.2, -0.15) is 0 Å². The predicted molar refractivity (Wildman–Crippen MR) is 117 cm³/mol. The third kappa shape index (κ3) is 6.70. The van der Waals surface area contributed by atoms with Gasteiger partial charge in [-0.15, -0.1) is 0 Å². The Morgan fingerprint density at radius 1 is 1.17 bits per heavy atom. The van der Waals surface area contributed by atoms with E-state index in [1.54, 1.807) is 12.1 Å². The van der Waals surface area contributed by atoms with Crippen LogP contribution in [-0.4, -0.2) is 67.0 Å². The molecule has 0 aromatic heterocycles. The van der Waals surface area contributed by atoms with Crippen molar-refractivity contribution in [3.63, 3.8) is 0 Å². The van der Waals surface area contributed by atoms with Gasteiger partial charge in [0.2, 0.25) is 0 Å². The van der Waals surface area contributed by atoms with Crippen LogP contribution in [0.1, 0.15) is 44.1 Å². The molecule has 1 aromatic rings. The average Bonchev–Trinajstić information content (AvgIpc) is 3.20. The Hall–Kier alpha value is -2.15. The minimum absolute atomic E-state index is 0.156. The quantitative estimate of drug-likeness (QED) is 0.238. The van der Waals surface area contributed by atoms with E-state index in [2.05, 4.69) is 20.1 Å². The lowest BCUT2D eigenvalue weighted by Gasteiger charge is -2.29. The molecule has 1 N–H and O–H groups in total. The summed E-state index contributed by atoms with van der Waals surface area (Å²) in [5.74, 6) is 1.79. The maximum atomic E-state index is 10.7. The molecule has 2 heterocycles. The summed E-state index contributed by atoms with van der Waals surface area (Å²) in [6, 6.07) is 6.89. The average molecular weight is 402 g/mol. The minimum Gasteiger partial charge on any atom is -0.356 e. The highest BCUT2D eigenvalue weighted by Crippen LogP contribution is 2.20. The molecule has 0 saturated carbocycles. The molecule has 2 aliphatic rings. The fraction of sp³-hybridized carbons (Fsp3) is 0.682. The maximum absolute atomic E-state index is 10.7. The number of likely N-dealkylation sites (tertiary alicyclic amines) is 2. The normalized spacial score (nSPS) is 20.8. The molecular formula is C22H35N5O2. The summed E-state index contributed by atoms with van der Waals surface area (Å²) < 4.78 is 0. The second-order valence-electron chi connectivity index (χ2n) is 8.32. The Labute approximate surface area is 174 Å². The number of rotatable bonds is 8. The standard InChI is InChI=1S/C22H35N5O2/c1-23-22(26-16-12-20(18-26)17-25-14-5-2-6-15-25)24-13-4-3-7-19-8-10-21(11-9-19)27(28)29/h8-11,20H,2-7,12-18H2,1H3,(H,23,24). The molecule has 160 valence electrons. The van der Waals surface area contributed by atoms with E-state index in [0.29, 0.717) is 0 Å². The van der Waals surface area contributed by atoms with E-state index in [0.717, 1.165) is 56.3 Å². The van der Waals surface area contributed by atoms with Crippen molar-refractivity contribution in [2.24, 2.45) is 10.9 Å². The molecule has 7 heteroatoms. The number of aliphatic imine (C=N–C) groups is 1. The highest BCUT2D eigenvalue weighted by molar-refractivity contribution is 5.80. The smallest absolute Gasteiger partial charge is 0.269 e. The van der Waals surface area contributed by atoms with E-state index in [9.17, 15) is 10.1 Å². The summed E-state index contributed by atoms with van der Waals surface area (Å²) in [5.41, 5.74) is 1.31. The zero-order valence-electron chi connectivity index (χ0n) is 17.7. The molecule has 2 fully saturated rings. The van der Waals surface area contributed by atoms with Gasteiger partial charge in [0.15, 0.2) is 5.96 Å². The minimum atomic E-state index is -0.352. The van der Waals surface area contributed by atoms with Crippen LogP contribution >= 0.6 is 0 Å². The fourth-order valence-corrected chi connectivity index (χ4v) is 4.45. The van der Waals surface area contributed by atoms with Gasteiger partial charge in [0, 0.05) is 45.4 Å². The van der Waals surface area contributed by atoms with Crippen molar-refractivity contribution in [1.29, 1.82) is 0 Å². The summed E-state index contributed by atoms with van der Waals surface area (Å²) in [6.07, 6.45) is 8.44. The molecule has 2 saturated heterocycles. The molecule has 2 aliphatic heterocycles. The van der Waals surface area contributed by atoms with Crippen molar-refractivity contribution < 1.29 is 4.92 Å². The summed E-state index contributed by atoms with van der Waals surface area (Å²) in [4.78, 5) is 19.9. The van der Waals surface area contributed by atoms with Gasteiger partial charge in [-0.1, -0.05) is 18.6 Å². The number of non-ortho nitro benzene ring substituents is 1. The molecule has 0 radical (unpaired) electrons. The highest BCUT2D eigenvalue weighted by atomic mass is 16.6. The van der Waals surface area contributed by atoms with Crippen molar-refractivity contribution >= 4 is 11.6 Å². The summed E-state index contributed by atoms with van der Waals surface area (Å²) >= 11 is 0. The largest absolute Gasteiger partial charge is 0.356 e. The molecule has 1 atom stereocenters. The lowest BCUT2D eigenvalue weighted by atomic mass is 10.1. The lowest BCUT2D eigenvalue weighted by Crippen LogP contribution is -2.41. The number of hydrogen-bond donors (Lipinski definition) is 1.